The van der Waals surface area contributed by atoms with Crippen molar-refractivity contribution in [3.05, 3.63) is 29.8 Å². The van der Waals surface area contributed by atoms with E-state index in [2.05, 4.69) is 15.4 Å². The third kappa shape index (κ3) is 9.96. The van der Waals surface area contributed by atoms with Crippen LogP contribution in [0.4, 0.5) is 4.79 Å². The van der Waals surface area contributed by atoms with Crippen LogP contribution in [0, 0.1) is 0 Å². The number of rotatable bonds is 10. The summed E-state index contributed by atoms with van der Waals surface area (Å²) in [5.41, 5.74) is -1.33. The summed E-state index contributed by atoms with van der Waals surface area (Å²) in [6.45, 7) is 10.0. The number of aromatic hydroxyl groups is 1. The zero-order valence-electron chi connectivity index (χ0n) is 22.3. The number of alkyl carbamates (subject to hydrolysis) is 1. The molecule has 0 aliphatic heterocycles. The number of carbonyl (C=O) groups excluding carboxylic acids is 4. The zero-order chi connectivity index (χ0) is 27.7. The Morgan fingerprint density at radius 3 is 2.25 bits per heavy atom. The molecule has 202 valence electrons. The predicted octanol–water partition coefficient (Wildman–Crippen LogP) is 3.00. The number of methoxy groups -OCH3 is 1. The van der Waals surface area contributed by atoms with Gasteiger partial charge < -0.3 is 30.1 Å². The molecule has 0 aliphatic rings. The van der Waals surface area contributed by atoms with Crippen molar-refractivity contribution in [2.24, 2.45) is 0 Å². The summed E-state index contributed by atoms with van der Waals surface area (Å²) in [5, 5.41) is 15.3. The monoisotopic (exact) mass is 525 g/mol. The highest BCUT2D eigenvalue weighted by atomic mass is 32.2. The average molecular weight is 526 g/mol. The van der Waals surface area contributed by atoms with Crippen LogP contribution in [0.5, 0.6) is 5.75 Å². The summed E-state index contributed by atoms with van der Waals surface area (Å²) in [6.07, 6.45) is 1.43. The SMILES string of the molecule is COC(=O)CNC(=O)C(c1cccc(O)c1)N(C(=O)C(CCSC)NC(=O)OC(C)(C)C)C(C)(C)C. The highest BCUT2D eigenvalue weighted by Crippen LogP contribution is 2.32. The predicted molar refractivity (Wildman–Crippen MR) is 139 cm³/mol. The Morgan fingerprint density at radius 1 is 1.11 bits per heavy atom. The molecule has 0 saturated heterocycles. The largest absolute Gasteiger partial charge is 0.508 e. The van der Waals surface area contributed by atoms with E-state index in [0.29, 0.717) is 17.7 Å². The van der Waals surface area contributed by atoms with E-state index in [1.165, 1.54) is 35.9 Å². The molecule has 2 unspecified atom stereocenters. The molecule has 1 aromatic carbocycles. The number of nitrogens with one attached hydrogen (secondary N) is 2. The summed E-state index contributed by atoms with van der Waals surface area (Å²) >= 11 is 1.51. The molecule has 0 heterocycles. The fraction of sp³-hybridized carbons (Fsp3) is 0.600. The Balaban J connectivity index is 3.52. The Kier molecular flexibility index (Phi) is 11.6. The molecular formula is C25H39N3O7S. The van der Waals surface area contributed by atoms with Crippen molar-refractivity contribution in [1.29, 1.82) is 0 Å². The molecular weight excluding hydrogens is 486 g/mol. The summed E-state index contributed by atoms with van der Waals surface area (Å²) < 4.78 is 9.97. The molecule has 3 N–H and O–H groups in total. The van der Waals surface area contributed by atoms with E-state index in [9.17, 15) is 24.3 Å². The van der Waals surface area contributed by atoms with E-state index in [-0.39, 0.29) is 5.75 Å². The van der Waals surface area contributed by atoms with Gasteiger partial charge in [0.15, 0.2) is 0 Å². The lowest BCUT2D eigenvalue weighted by Crippen LogP contribution is -2.59. The van der Waals surface area contributed by atoms with E-state index in [1.54, 1.807) is 53.7 Å². The Hall–Kier alpha value is -2.95. The number of phenolic OH excluding ortho intramolecular Hbond substituents is 1. The van der Waals surface area contributed by atoms with Crippen molar-refractivity contribution >= 4 is 35.6 Å². The number of hydrogen-bond donors (Lipinski definition) is 3. The van der Waals surface area contributed by atoms with Gasteiger partial charge in [-0.05, 0) is 77.7 Å². The molecule has 36 heavy (non-hydrogen) atoms. The highest BCUT2D eigenvalue weighted by molar-refractivity contribution is 7.98. The molecule has 11 heteroatoms. The number of nitrogens with zero attached hydrogens (tertiary/aromatic N) is 1. The third-order valence-electron chi connectivity index (χ3n) is 4.89. The lowest BCUT2D eigenvalue weighted by Gasteiger charge is -2.43. The highest BCUT2D eigenvalue weighted by Gasteiger charge is 2.42. The molecule has 1 rings (SSSR count). The Labute approximate surface area is 217 Å². The number of hydrogen-bond acceptors (Lipinski definition) is 8. The van der Waals surface area contributed by atoms with Gasteiger partial charge in [0.05, 0.1) is 7.11 Å². The number of esters is 1. The first-order chi connectivity index (χ1) is 16.6. The van der Waals surface area contributed by atoms with E-state index in [4.69, 9.17) is 4.74 Å². The number of ether oxygens (including phenoxy) is 2. The molecule has 3 amide bonds. The topological polar surface area (TPSA) is 134 Å². The molecule has 0 radical (unpaired) electrons. The first-order valence-corrected chi connectivity index (χ1v) is 12.9. The van der Waals surface area contributed by atoms with Crippen LogP contribution < -0.4 is 10.6 Å². The van der Waals surface area contributed by atoms with Gasteiger partial charge >= 0.3 is 12.1 Å². The first-order valence-electron chi connectivity index (χ1n) is 11.6. The quantitative estimate of drug-likeness (QED) is 0.397. The summed E-state index contributed by atoms with van der Waals surface area (Å²) in [6, 6.07) is 3.78. The zero-order valence-corrected chi connectivity index (χ0v) is 23.2. The fourth-order valence-electron chi connectivity index (χ4n) is 3.40. The van der Waals surface area contributed by atoms with Crippen LogP contribution in [-0.4, -0.2) is 76.7 Å². The van der Waals surface area contributed by atoms with Crippen LogP contribution in [0.15, 0.2) is 24.3 Å². The van der Waals surface area contributed by atoms with Crippen LogP contribution in [0.25, 0.3) is 0 Å². The first kappa shape index (κ1) is 31.1. The third-order valence-corrected chi connectivity index (χ3v) is 5.53. The molecule has 10 nitrogen and oxygen atoms in total. The Bertz CT molecular complexity index is 925. The Morgan fingerprint density at radius 2 is 1.75 bits per heavy atom. The minimum absolute atomic E-state index is 0.0922. The van der Waals surface area contributed by atoms with Crippen molar-refractivity contribution in [3.8, 4) is 5.75 Å². The van der Waals surface area contributed by atoms with Crippen LogP contribution >= 0.6 is 11.8 Å². The van der Waals surface area contributed by atoms with Gasteiger partial charge in [-0.15, -0.1) is 0 Å². The lowest BCUT2D eigenvalue weighted by atomic mass is 9.95. The molecule has 0 spiro atoms. The number of benzene rings is 1. The van der Waals surface area contributed by atoms with Gasteiger partial charge in [0.1, 0.15) is 30.0 Å². The van der Waals surface area contributed by atoms with Crippen molar-refractivity contribution in [3.63, 3.8) is 0 Å². The van der Waals surface area contributed by atoms with Gasteiger partial charge in [0.2, 0.25) is 11.8 Å². The van der Waals surface area contributed by atoms with Crippen LogP contribution in [-0.2, 0) is 23.9 Å². The van der Waals surface area contributed by atoms with Gasteiger partial charge in [-0.3, -0.25) is 14.4 Å². The number of phenols is 1. The maximum absolute atomic E-state index is 14.0. The van der Waals surface area contributed by atoms with Crippen molar-refractivity contribution < 1.29 is 33.8 Å². The number of carbonyl (C=O) groups is 4. The van der Waals surface area contributed by atoms with Gasteiger partial charge in [-0.25, -0.2) is 4.79 Å². The molecule has 1 aromatic rings. The average Bonchev–Trinajstić information content (AvgIpc) is 2.75. The van der Waals surface area contributed by atoms with E-state index in [1.807, 2.05) is 6.26 Å². The van der Waals surface area contributed by atoms with Crippen LogP contribution in [0.2, 0.25) is 0 Å². The molecule has 2 atom stereocenters. The summed E-state index contributed by atoms with van der Waals surface area (Å²) in [7, 11) is 1.20. The van der Waals surface area contributed by atoms with Gasteiger partial charge in [0, 0.05) is 5.54 Å². The van der Waals surface area contributed by atoms with Crippen molar-refractivity contribution in [1.82, 2.24) is 15.5 Å². The molecule has 0 aromatic heterocycles. The molecule has 0 saturated carbocycles. The van der Waals surface area contributed by atoms with Gasteiger partial charge in [-0.2, -0.15) is 11.8 Å². The van der Waals surface area contributed by atoms with E-state index in [0.717, 1.165) is 0 Å². The van der Waals surface area contributed by atoms with Crippen molar-refractivity contribution in [2.75, 3.05) is 25.7 Å². The normalized spacial score (nSPS) is 13.2. The minimum atomic E-state index is -1.22. The van der Waals surface area contributed by atoms with Crippen molar-refractivity contribution in [2.45, 2.75) is 71.2 Å². The molecule has 0 aliphatic carbocycles. The summed E-state index contributed by atoms with van der Waals surface area (Å²) in [5.74, 6) is -1.34. The maximum Gasteiger partial charge on any atom is 0.408 e. The van der Waals surface area contributed by atoms with Crippen LogP contribution in [0.1, 0.15) is 59.6 Å². The van der Waals surface area contributed by atoms with E-state index >= 15 is 0 Å². The lowest BCUT2D eigenvalue weighted by molar-refractivity contribution is -0.149. The second-order valence-electron chi connectivity index (χ2n) is 10.2. The molecule has 0 bridgehead atoms. The second-order valence-corrected chi connectivity index (χ2v) is 11.1. The van der Waals surface area contributed by atoms with E-state index < -0.39 is 53.6 Å². The number of amides is 3. The number of thioether (sulfide) groups is 1. The summed E-state index contributed by atoms with van der Waals surface area (Å²) in [4.78, 5) is 53.0. The smallest absolute Gasteiger partial charge is 0.408 e. The second kappa shape index (κ2) is 13.4. The standard InChI is InChI=1S/C25H39N3O7S/c1-24(2,3)28(22(32)18(12-13-36-8)27-23(33)35-25(4,5)6)20(16-10-9-11-17(29)14-16)21(31)26-15-19(30)34-7/h9-11,14,18,20,29H,12-13,15H2,1-8H3,(H,26,31)(H,27,33). The van der Waals surface area contributed by atoms with Gasteiger partial charge in [0.25, 0.3) is 0 Å². The fourth-order valence-corrected chi connectivity index (χ4v) is 3.87. The van der Waals surface area contributed by atoms with Gasteiger partial charge in [-0.1, -0.05) is 12.1 Å². The van der Waals surface area contributed by atoms with Crippen LogP contribution in [0.3, 0.4) is 0 Å². The maximum atomic E-state index is 14.0. The minimum Gasteiger partial charge on any atom is -0.508 e. The molecule has 0 fully saturated rings.